The molecule has 9 heteroatoms. The minimum absolute atomic E-state index is 0.0955. The van der Waals surface area contributed by atoms with E-state index in [2.05, 4.69) is 20.0 Å². The van der Waals surface area contributed by atoms with E-state index in [9.17, 15) is 8.42 Å². The van der Waals surface area contributed by atoms with Gasteiger partial charge in [0.2, 0.25) is 10.0 Å². The van der Waals surface area contributed by atoms with Crippen LogP contribution in [-0.4, -0.2) is 34.9 Å². The van der Waals surface area contributed by atoms with E-state index in [1.807, 2.05) is 26.1 Å². The van der Waals surface area contributed by atoms with Crippen LogP contribution in [0.4, 0.5) is 0 Å². The van der Waals surface area contributed by atoms with Gasteiger partial charge >= 0.3 is 0 Å². The SMILES string of the molecule is CCc1noc2ncc(S(=O)(=O)NC[C@H](C)Cn3cccn3)cc12. The summed E-state index contributed by atoms with van der Waals surface area (Å²) in [5, 5.41) is 8.64. The van der Waals surface area contributed by atoms with Gasteiger partial charge in [0.05, 0.1) is 17.3 Å². The van der Waals surface area contributed by atoms with E-state index in [0.29, 0.717) is 36.3 Å². The first-order valence-corrected chi connectivity index (χ1v) is 9.19. The lowest BCUT2D eigenvalue weighted by Crippen LogP contribution is -2.30. The molecule has 0 fully saturated rings. The summed E-state index contributed by atoms with van der Waals surface area (Å²) in [6, 6.07) is 3.39. The molecule has 0 saturated heterocycles. The van der Waals surface area contributed by atoms with Crippen molar-refractivity contribution in [1.82, 2.24) is 24.6 Å². The summed E-state index contributed by atoms with van der Waals surface area (Å²) in [5.74, 6) is 0.0955. The van der Waals surface area contributed by atoms with Gasteiger partial charge in [-0.15, -0.1) is 0 Å². The maximum Gasteiger partial charge on any atom is 0.258 e. The maximum atomic E-state index is 12.5. The summed E-state index contributed by atoms with van der Waals surface area (Å²) in [6.07, 6.45) is 5.48. The number of aryl methyl sites for hydroxylation is 1. The van der Waals surface area contributed by atoms with E-state index in [1.165, 1.54) is 6.20 Å². The molecular weight excluding hydrogens is 330 g/mol. The van der Waals surface area contributed by atoms with E-state index in [1.54, 1.807) is 16.9 Å². The number of sulfonamides is 1. The predicted molar refractivity (Wildman–Crippen MR) is 87.8 cm³/mol. The zero-order chi connectivity index (χ0) is 17.2. The molecule has 0 radical (unpaired) electrons. The Kier molecular flexibility index (Phi) is 4.63. The largest absolute Gasteiger partial charge is 0.336 e. The van der Waals surface area contributed by atoms with Crippen molar-refractivity contribution in [3.63, 3.8) is 0 Å². The summed E-state index contributed by atoms with van der Waals surface area (Å²) < 4.78 is 34.4. The molecule has 0 spiro atoms. The molecule has 0 aromatic carbocycles. The molecule has 0 amide bonds. The third kappa shape index (κ3) is 3.46. The Bertz CT molecular complexity index is 918. The zero-order valence-electron chi connectivity index (χ0n) is 13.5. The van der Waals surface area contributed by atoms with E-state index in [-0.39, 0.29) is 10.8 Å². The second-order valence-corrected chi connectivity index (χ2v) is 7.46. The van der Waals surface area contributed by atoms with E-state index >= 15 is 0 Å². The third-order valence-electron chi connectivity index (χ3n) is 3.70. The normalized spacial score (nSPS) is 13.4. The van der Waals surface area contributed by atoms with Gasteiger partial charge in [0, 0.05) is 25.5 Å². The summed E-state index contributed by atoms with van der Waals surface area (Å²) in [4.78, 5) is 4.15. The fraction of sp³-hybridized carbons (Fsp3) is 0.400. The molecule has 8 nitrogen and oxygen atoms in total. The highest BCUT2D eigenvalue weighted by molar-refractivity contribution is 7.89. The number of hydrogen-bond acceptors (Lipinski definition) is 6. The Labute approximate surface area is 139 Å². The molecule has 0 aliphatic rings. The third-order valence-corrected chi connectivity index (χ3v) is 5.09. The molecule has 0 bridgehead atoms. The van der Waals surface area contributed by atoms with Gasteiger partial charge < -0.3 is 4.52 Å². The monoisotopic (exact) mass is 349 g/mol. The van der Waals surface area contributed by atoms with Gasteiger partial charge in [0.1, 0.15) is 4.90 Å². The van der Waals surface area contributed by atoms with Gasteiger partial charge in [-0.2, -0.15) is 5.10 Å². The van der Waals surface area contributed by atoms with Crippen LogP contribution in [0.1, 0.15) is 19.5 Å². The topological polar surface area (TPSA) is 103 Å². The standard InChI is InChI=1S/C15H19N5O3S/c1-3-14-13-7-12(9-16-15(13)23-19-14)24(21,22)18-8-11(2)10-20-6-4-5-17-20/h4-7,9,11,18H,3,8,10H2,1-2H3/t11-/m0/s1. The second kappa shape index (κ2) is 6.70. The highest BCUT2D eigenvalue weighted by atomic mass is 32.2. The van der Waals surface area contributed by atoms with Crippen molar-refractivity contribution < 1.29 is 12.9 Å². The van der Waals surface area contributed by atoms with Gasteiger partial charge in [-0.25, -0.2) is 18.1 Å². The molecule has 3 rings (SSSR count). The van der Waals surface area contributed by atoms with Gasteiger partial charge in [0.15, 0.2) is 0 Å². The number of aromatic nitrogens is 4. The van der Waals surface area contributed by atoms with Crippen LogP contribution < -0.4 is 4.72 Å². The number of pyridine rings is 1. The lowest BCUT2D eigenvalue weighted by molar-refractivity contribution is 0.439. The molecule has 128 valence electrons. The van der Waals surface area contributed by atoms with Gasteiger partial charge in [0.25, 0.3) is 5.71 Å². The predicted octanol–water partition coefficient (Wildman–Crippen LogP) is 1.60. The molecule has 0 saturated carbocycles. The lowest BCUT2D eigenvalue weighted by atomic mass is 10.2. The first-order valence-electron chi connectivity index (χ1n) is 7.71. The fourth-order valence-electron chi connectivity index (χ4n) is 2.39. The van der Waals surface area contributed by atoms with E-state index in [0.717, 1.165) is 0 Å². The van der Waals surface area contributed by atoms with Crippen molar-refractivity contribution in [3.05, 3.63) is 36.4 Å². The molecule has 0 unspecified atom stereocenters. The first-order chi connectivity index (χ1) is 11.5. The number of hydrogen-bond donors (Lipinski definition) is 1. The molecular formula is C15H19N5O3S. The van der Waals surface area contributed by atoms with Crippen molar-refractivity contribution in [2.45, 2.75) is 31.7 Å². The fourth-order valence-corrected chi connectivity index (χ4v) is 3.52. The number of fused-ring (bicyclic) bond motifs is 1. The minimum atomic E-state index is -3.64. The quantitative estimate of drug-likeness (QED) is 0.695. The minimum Gasteiger partial charge on any atom is -0.336 e. The Morgan fingerprint density at radius 3 is 2.96 bits per heavy atom. The molecule has 1 N–H and O–H groups in total. The highest BCUT2D eigenvalue weighted by Gasteiger charge is 2.19. The van der Waals surface area contributed by atoms with E-state index < -0.39 is 10.0 Å². The molecule has 3 aromatic rings. The van der Waals surface area contributed by atoms with Crippen molar-refractivity contribution >= 4 is 21.1 Å². The first kappa shape index (κ1) is 16.6. The van der Waals surface area contributed by atoms with Crippen LogP contribution in [0.15, 0.2) is 40.1 Å². The summed E-state index contributed by atoms with van der Waals surface area (Å²) in [6.45, 7) is 4.83. The van der Waals surface area contributed by atoms with Gasteiger partial charge in [-0.05, 0) is 24.5 Å². The lowest BCUT2D eigenvalue weighted by Gasteiger charge is -2.13. The van der Waals surface area contributed by atoms with Crippen LogP contribution in [0.2, 0.25) is 0 Å². The van der Waals surface area contributed by atoms with Crippen LogP contribution in [0.5, 0.6) is 0 Å². The Hall–Kier alpha value is -2.26. The molecule has 24 heavy (non-hydrogen) atoms. The van der Waals surface area contributed by atoms with Crippen LogP contribution in [0.3, 0.4) is 0 Å². The molecule has 0 aliphatic carbocycles. The summed E-state index contributed by atoms with van der Waals surface area (Å²) >= 11 is 0. The van der Waals surface area contributed by atoms with Gasteiger partial charge in [-0.3, -0.25) is 4.68 Å². The Morgan fingerprint density at radius 2 is 2.25 bits per heavy atom. The van der Waals surface area contributed by atoms with Crippen molar-refractivity contribution in [3.8, 4) is 0 Å². The maximum absolute atomic E-state index is 12.5. The molecule has 0 aliphatic heterocycles. The molecule has 3 aromatic heterocycles. The van der Waals surface area contributed by atoms with Crippen molar-refractivity contribution in [2.75, 3.05) is 6.54 Å². The average molecular weight is 349 g/mol. The number of rotatable bonds is 7. The van der Waals surface area contributed by atoms with Crippen LogP contribution in [0, 0.1) is 5.92 Å². The number of nitrogens with zero attached hydrogens (tertiary/aromatic N) is 4. The number of nitrogens with one attached hydrogen (secondary N) is 1. The van der Waals surface area contributed by atoms with E-state index in [4.69, 9.17) is 4.52 Å². The summed E-state index contributed by atoms with van der Waals surface area (Å²) in [5.41, 5.74) is 1.04. The second-order valence-electron chi connectivity index (χ2n) is 5.69. The van der Waals surface area contributed by atoms with Gasteiger partial charge in [-0.1, -0.05) is 19.0 Å². The van der Waals surface area contributed by atoms with Crippen LogP contribution in [-0.2, 0) is 23.0 Å². The zero-order valence-corrected chi connectivity index (χ0v) is 14.3. The van der Waals surface area contributed by atoms with Crippen molar-refractivity contribution in [1.29, 1.82) is 0 Å². The van der Waals surface area contributed by atoms with Crippen LogP contribution in [0.25, 0.3) is 11.1 Å². The van der Waals surface area contributed by atoms with Crippen LogP contribution >= 0.6 is 0 Å². The molecule has 1 atom stereocenters. The molecule has 3 heterocycles. The smallest absolute Gasteiger partial charge is 0.258 e. The average Bonchev–Trinajstić information content (AvgIpc) is 3.21. The van der Waals surface area contributed by atoms with Crippen molar-refractivity contribution in [2.24, 2.45) is 5.92 Å². The highest BCUT2D eigenvalue weighted by Crippen LogP contribution is 2.20. The Morgan fingerprint density at radius 1 is 1.42 bits per heavy atom. The Balaban J connectivity index is 1.72. The summed E-state index contributed by atoms with van der Waals surface area (Å²) in [7, 11) is -3.64.